The molecule has 2 atom stereocenters. The molecule has 0 saturated carbocycles. The molecule has 0 radical (unpaired) electrons. The van der Waals surface area contributed by atoms with E-state index in [1.165, 1.54) is 12.1 Å². The molecule has 0 bridgehead atoms. The fourth-order valence-electron chi connectivity index (χ4n) is 2.59. The van der Waals surface area contributed by atoms with Gasteiger partial charge in [-0.3, -0.25) is 0 Å². The Morgan fingerprint density at radius 3 is 2.65 bits per heavy atom. The van der Waals surface area contributed by atoms with Crippen LogP contribution in [-0.4, -0.2) is 24.3 Å². The quantitative estimate of drug-likeness (QED) is 0.878. The van der Waals surface area contributed by atoms with Crippen LogP contribution >= 0.6 is 0 Å². The highest BCUT2D eigenvalue weighted by Crippen LogP contribution is 2.34. The zero-order valence-corrected chi connectivity index (χ0v) is 11.3. The van der Waals surface area contributed by atoms with Crippen molar-refractivity contribution in [1.82, 2.24) is 0 Å². The highest BCUT2D eigenvalue weighted by molar-refractivity contribution is 5.52. The maximum Gasteiger partial charge on any atom is 0.416 e. The molecule has 1 aromatic rings. The van der Waals surface area contributed by atoms with E-state index < -0.39 is 11.7 Å². The molecule has 20 heavy (non-hydrogen) atoms. The number of nitrogens with two attached hydrogens (primary N) is 1. The molecule has 3 nitrogen and oxygen atoms in total. The minimum absolute atomic E-state index is 0.104. The lowest BCUT2D eigenvalue weighted by Gasteiger charge is -2.36. The van der Waals surface area contributed by atoms with Crippen molar-refractivity contribution in [2.45, 2.75) is 32.2 Å². The van der Waals surface area contributed by atoms with Gasteiger partial charge in [0.1, 0.15) is 0 Å². The first kappa shape index (κ1) is 15.1. The van der Waals surface area contributed by atoms with Crippen LogP contribution in [0.1, 0.15) is 24.5 Å². The minimum atomic E-state index is -4.38. The Morgan fingerprint density at radius 2 is 2.10 bits per heavy atom. The second-order valence-corrected chi connectivity index (χ2v) is 5.32. The van der Waals surface area contributed by atoms with Crippen LogP contribution in [0.25, 0.3) is 0 Å². The standard InChI is InChI=1S/C14H19F3N2O/c1-9-8-19(5-4-13(9)20)11-2-3-12(14(15,16)17)10(6-11)7-18/h2-3,6,9,13,20H,4-5,7-8,18H2,1H3. The number of aliphatic hydroxyl groups is 1. The molecule has 1 aliphatic heterocycles. The van der Waals surface area contributed by atoms with E-state index in [-0.39, 0.29) is 24.1 Å². The van der Waals surface area contributed by atoms with Crippen LogP contribution < -0.4 is 10.6 Å². The van der Waals surface area contributed by atoms with E-state index in [0.717, 1.165) is 11.8 Å². The van der Waals surface area contributed by atoms with E-state index in [1.807, 2.05) is 11.8 Å². The summed E-state index contributed by atoms with van der Waals surface area (Å²) < 4.78 is 38.5. The molecule has 0 spiro atoms. The Kier molecular flexibility index (Phi) is 4.25. The summed E-state index contributed by atoms with van der Waals surface area (Å²) in [6.45, 7) is 3.07. The molecular weight excluding hydrogens is 269 g/mol. The van der Waals surface area contributed by atoms with Gasteiger partial charge in [0.2, 0.25) is 0 Å². The SMILES string of the molecule is CC1CN(c2ccc(C(F)(F)F)c(CN)c2)CCC1O. The number of hydrogen-bond acceptors (Lipinski definition) is 3. The van der Waals surface area contributed by atoms with Crippen LogP contribution in [0.2, 0.25) is 0 Å². The second kappa shape index (κ2) is 5.61. The fraction of sp³-hybridized carbons (Fsp3) is 0.571. The molecule has 0 aliphatic carbocycles. The number of hydrogen-bond donors (Lipinski definition) is 2. The number of aliphatic hydroxyl groups excluding tert-OH is 1. The molecule has 3 N–H and O–H groups in total. The Labute approximate surface area is 116 Å². The van der Waals surface area contributed by atoms with E-state index >= 15 is 0 Å². The van der Waals surface area contributed by atoms with Gasteiger partial charge in [0.25, 0.3) is 0 Å². The summed E-state index contributed by atoms with van der Waals surface area (Å²) in [6, 6.07) is 4.08. The average molecular weight is 288 g/mol. The topological polar surface area (TPSA) is 49.5 Å². The van der Waals surface area contributed by atoms with Gasteiger partial charge in [0.05, 0.1) is 11.7 Å². The molecule has 2 rings (SSSR count). The second-order valence-electron chi connectivity index (χ2n) is 5.32. The van der Waals surface area contributed by atoms with E-state index in [9.17, 15) is 18.3 Å². The van der Waals surface area contributed by atoms with Crippen LogP contribution in [0.4, 0.5) is 18.9 Å². The van der Waals surface area contributed by atoms with Crippen molar-refractivity contribution >= 4 is 5.69 Å². The molecule has 1 aromatic carbocycles. The molecular formula is C14H19F3N2O. The zero-order valence-electron chi connectivity index (χ0n) is 11.3. The number of alkyl halides is 3. The van der Waals surface area contributed by atoms with Crippen LogP contribution in [0.5, 0.6) is 0 Å². The number of nitrogens with zero attached hydrogens (tertiary/aromatic N) is 1. The Morgan fingerprint density at radius 1 is 1.40 bits per heavy atom. The monoisotopic (exact) mass is 288 g/mol. The first-order valence-corrected chi connectivity index (χ1v) is 6.66. The molecule has 6 heteroatoms. The van der Waals surface area contributed by atoms with E-state index in [0.29, 0.717) is 19.5 Å². The van der Waals surface area contributed by atoms with Gasteiger partial charge < -0.3 is 15.7 Å². The minimum Gasteiger partial charge on any atom is -0.393 e. The summed E-state index contributed by atoms with van der Waals surface area (Å²) in [4.78, 5) is 2.00. The van der Waals surface area contributed by atoms with Crippen LogP contribution in [0.3, 0.4) is 0 Å². The molecule has 2 unspecified atom stereocenters. The molecule has 0 amide bonds. The number of halogens is 3. The molecule has 112 valence electrons. The predicted molar refractivity (Wildman–Crippen MR) is 71.3 cm³/mol. The first-order valence-electron chi connectivity index (χ1n) is 6.66. The smallest absolute Gasteiger partial charge is 0.393 e. The Hall–Kier alpha value is -1.27. The van der Waals surface area contributed by atoms with Gasteiger partial charge in [0, 0.05) is 25.3 Å². The molecule has 0 aromatic heterocycles. The lowest BCUT2D eigenvalue weighted by Crippen LogP contribution is -2.42. The van der Waals surface area contributed by atoms with Crippen molar-refractivity contribution in [1.29, 1.82) is 0 Å². The first-order chi connectivity index (χ1) is 9.32. The lowest BCUT2D eigenvalue weighted by molar-refractivity contribution is -0.138. The zero-order chi connectivity index (χ0) is 14.9. The third-order valence-electron chi connectivity index (χ3n) is 3.84. The summed E-state index contributed by atoms with van der Waals surface area (Å²) in [5.41, 5.74) is 5.60. The maximum atomic E-state index is 12.8. The van der Waals surface area contributed by atoms with E-state index in [1.54, 1.807) is 0 Å². The van der Waals surface area contributed by atoms with Crippen LogP contribution in [-0.2, 0) is 12.7 Å². The van der Waals surface area contributed by atoms with E-state index in [4.69, 9.17) is 5.73 Å². The van der Waals surface area contributed by atoms with E-state index in [2.05, 4.69) is 0 Å². The van der Waals surface area contributed by atoms with Crippen molar-refractivity contribution in [3.63, 3.8) is 0 Å². The summed E-state index contributed by atoms with van der Waals surface area (Å²) in [7, 11) is 0. The van der Waals surface area contributed by atoms with Crippen LogP contribution in [0.15, 0.2) is 18.2 Å². The molecule has 1 saturated heterocycles. The number of anilines is 1. The number of rotatable bonds is 2. The fourth-order valence-corrected chi connectivity index (χ4v) is 2.59. The van der Waals surface area contributed by atoms with Crippen molar-refractivity contribution in [3.05, 3.63) is 29.3 Å². The Balaban J connectivity index is 2.26. The van der Waals surface area contributed by atoms with Crippen LogP contribution in [0, 0.1) is 5.92 Å². The van der Waals surface area contributed by atoms with Crippen molar-refractivity contribution in [2.75, 3.05) is 18.0 Å². The number of piperidine rings is 1. The highest BCUT2D eigenvalue weighted by atomic mass is 19.4. The van der Waals surface area contributed by atoms with Crippen molar-refractivity contribution in [3.8, 4) is 0 Å². The third-order valence-corrected chi connectivity index (χ3v) is 3.84. The van der Waals surface area contributed by atoms with Gasteiger partial charge >= 0.3 is 6.18 Å². The average Bonchev–Trinajstić information content (AvgIpc) is 2.40. The van der Waals surface area contributed by atoms with Crippen molar-refractivity contribution < 1.29 is 18.3 Å². The molecule has 1 heterocycles. The van der Waals surface area contributed by atoms with Crippen molar-refractivity contribution in [2.24, 2.45) is 11.7 Å². The predicted octanol–water partition coefficient (Wildman–Crippen LogP) is 2.37. The lowest BCUT2D eigenvalue weighted by atomic mass is 9.95. The van der Waals surface area contributed by atoms with Gasteiger partial charge in [-0.05, 0) is 36.1 Å². The van der Waals surface area contributed by atoms with Gasteiger partial charge in [-0.15, -0.1) is 0 Å². The highest BCUT2D eigenvalue weighted by Gasteiger charge is 2.33. The summed E-state index contributed by atoms with van der Waals surface area (Å²) in [5, 5.41) is 9.70. The molecule has 1 fully saturated rings. The largest absolute Gasteiger partial charge is 0.416 e. The Bertz CT molecular complexity index is 476. The van der Waals surface area contributed by atoms with Gasteiger partial charge in [0.15, 0.2) is 0 Å². The summed E-state index contributed by atoms with van der Waals surface area (Å²) in [6.07, 6.45) is -4.09. The van der Waals surface area contributed by atoms with Gasteiger partial charge in [-0.1, -0.05) is 6.92 Å². The normalized spacial score (nSPS) is 24.0. The summed E-state index contributed by atoms with van der Waals surface area (Å²) >= 11 is 0. The third kappa shape index (κ3) is 3.07. The summed E-state index contributed by atoms with van der Waals surface area (Å²) in [5.74, 6) is 0.104. The number of benzene rings is 1. The molecule has 1 aliphatic rings. The van der Waals surface area contributed by atoms with Gasteiger partial charge in [-0.2, -0.15) is 13.2 Å². The van der Waals surface area contributed by atoms with Gasteiger partial charge in [-0.25, -0.2) is 0 Å². The maximum absolute atomic E-state index is 12.8.